The maximum atomic E-state index is 0. The molecule has 0 amide bonds. The van der Waals surface area contributed by atoms with Gasteiger partial charge in [-0.1, -0.05) is 0 Å². The molecule has 24 valence electrons. The van der Waals surface area contributed by atoms with Crippen LogP contribution in [-0.4, -0.2) is 0 Å². The van der Waals surface area contributed by atoms with Gasteiger partial charge in [0.25, 0.3) is 0 Å². The van der Waals surface area contributed by atoms with Gasteiger partial charge in [-0.25, -0.2) is 0 Å². The van der Waals surface area contributed by atoms with Crippen LogP contribution in [0.3, 0.4) is 0 Å². The van der Waals surface area contributed by atoms with E-state index in [0.29, 0.717) is 0 Å². The first kappa shape index (κ1) is 55.6. The molecular weight excluding hydrogens is 291 g/mol. The Morgan fingerprint density at radius 3 is 0.750 bits per heavy atom. The van der Waals surface area contributed by atoms with Crippen molar-refractivity contribution in [2.75, 3.05) is 0 Å². The van der Waals surface area contributed by atoms with Crippen molar-refractivity contribution in [3.63, 3.8) is 0 Å². The summed E-state index contributed by atoms with van der Waals surface area (Å²) in [6, 6.07) is 0. The van der Waals surface area contributed by atoms with E-state index in [1.54, 1.807) is 0 Å². The molecule has 4 heavy (non-hydrogen) atoms. The first-order chi connectivity index (χ1) is 0. The first-order valence-corrected chi connectivity index (χ1v) is 0. The molecule has 0 unspecified atom stereocenters. The smallest absolute Gasteiger partial charge is 2.00 e. The second-order valence-corrected chi connectivity index (χ2v) is 0. The van der Waals surface area contributed by atoms with Crippen LogP contribution in [-0.2, 0) is 55.1 Å². The summed E-state index contributed by atoms with van der Waals surface area (Å²) < 4.78 is 0. The molecule has 0 aromatic carbocycles. The van der Waals surface area contributed by atoms with Gasteiger partial charge in [0.15, 0.2) is 0 Å². The zero-order valence-electron chi connectivity index (χ0n) is 1.84. The number of hydrogen-bond acceptors (Lipinski definition) is 0. The van der Waals surface area contributed by atoms with Gasteiger partial charge in [0.2, 0.25) is 0 Å². The quantitative estimate of drug-likeness (QED) is 0.553. The van der Waals surface area contributed by atoms with Crippen LogP contribution in [0.4, 0.5) is 0 Å². The molecule has 0 saturated heterocycles. The van der Waals surface area contributed by atoms with Gasteiger partial charge in [0.05, 0.1) is 0 Å². The van der Waals surface area contributed by atoms with Crippen molar-refractivity contribution in [1.29, 1.82) is 0 Å². The summed E-state index contributed by atoms with van der Waals surface area (Å²) in [5, 5.41) is 0. The molecule has 0 spiro atoms. The van der Waals surface area contributed by atoms with E-state index in [1.807, 2.05) is 0 Å². The molecule has 0 N–H and O–H groups in total. The molecule has 4 heteroatoms. The minimum atomic E-state index is 0. The third kappa shape index (κ3) is 10.2. The zero-order chi connectivity index (χ0) is 0. The molecule has 0 aromatic heterocycles. The Morgan fingerprint density at radius 2 is 0.750 bits per heavy atom. The molecule has 0 bridgehead atoms. The Morgan fingerprint density at radius 1 is 0.750 bits per heavy atom. The van der Waals surface area contributed by atoms with Crippen molar-refractivity contribution in [3.05, 3.63) is 0 Å². The SMILES string of the molecule is [Hg+2].[Ni+2].[O-2].[O-2]. The van der Waals surface area contributed by atoms with Gasteiger partial charge in [-0.15, -0.1) is 0 Å². The number of rotatable bonds is 0. The van der Waals surface area contributed by atoms with Crippen molar-refractivity contribution >= 4 is 0 Å². The minimum absolute atomic E-state index is 0. The summed E-state index contributed by atoms with van der Waals surface area (Å²) in [6.45, 7) is 0. The molecule has 0 atom stereocenters. The van der Waals surface area contributed by atoms with Gasteiger partial charge in [-0.05, 0) is 0 Å². The number of hydrogen-bond donors (Lipinski definition) is 0. The standard InChI is InChI=1S/Hg.Ni.2O/q2*+2;2*-2. The van der Waals surface area contributed by atoms with Gasteiger partial charge in [-0.3, -0.25) is 0 Å². The normalized spacial score (nSPS) is 0. The molecule has 0 heterocycles. The van der Waals surface area contributed by atoms with Crippen molar-refractivity contribution in [2.45, 2.75) is 0 Å². The fourth-order valence-electron chi connectivity index (χ4n) is 0. The van der Waals surface area contributed by atoms with Crippen molar-refractivity contribution in [3.8, 4) is 0 Å². The van der Waals surface area contributed by atoms with E-state index in [-0.39, 0.29) is 55.1 Å². The summed E-state index contributed by atoms with van der Waals surface area (Å²) in [5.41, 5.74) is 0. The van der Waals surface area contributed by atoms with Crippen molar-refractivity contribution in [2.24, 2.45) is 0 Å². The molecule has 0 aliphatic carbocycles. The summed E-state index contributed by atoms with van der Waals surface area (Å²) >= 11 is 0. The molecule has 0 aliphatic heterocycles. The largest absolute Gasteiger partial charge is 2.00 e. The predicted molar refractivity (Wildman–Crippen MR) is 1.37 cm³/mol. The second kappa shape index (κ2) is 26.8. The van der Waals surface area contributed by atoms with E-state index in [4.69, 9.17) is 0 Å². The molecule has 0 saturated carbocycles. The topological polar surface area (TPSA) is 57.0 Å². The van der Waals surface area contributed by atoms with E-state index < -0.39 is 0 Å². The van der Waals surface area contributed by atoms with Crippen LogP contribution in [0.15, 0.2) is 0 Å². The Labute approximate surface area is 55.0 Å². The predicted octanol–water partition coefficient (Wildman–Crippen LogP) is -0.243. The van der Waals surface area contributed by atoms with Crippen LogP contribution < -0.4 is 0 Å². The van der Waals surface area contributed by atoms with Crippen molar-refractivity contribution in [1.82, 2.24) is 0 Å². The van der Waals surface area contributed by atoms with E-state index in [9.17, 15) is 0 Å². The summed E-state index contributed by atoms with van der Waals surface area (Å²) in [5.74, 6) is 0. The van der Waals surface area contributed by atoms with Gasteiger partial charge < -0.3 is 11.0 Å². The monoisotopic (exact) mass is 292 g/mol. The van der Waals surface area contributed by atoms with Crippen LogP contribution >= 0.6 is 0 Å². The third-order valence-electron chi connectivity index (χ3n) is 0. The molecule has 0 aliphatic rings. The Kier molecular flexibility index (Phi) is 373. The molecule has 0 radical (unpaired) electrons. The van der Waals surface area contributed by atoms with E-state index in [1.165, 1.54) is 0 Å². The van der Waals surface area contributed by atoms with Crippen LogP contribution in [0.25, 0.3) is 0 Å². The molecule has 2 nitrogen and oxygen atoms in total. The first-order valence-electron chi connectivity index (χ1n) is 0. The van der Waals surface area contributed by atoms with Crippen LogP contribution in [0, 0.1) is 0 Å². The Hall–Kier alpha value is 1.35. The van der Waals surface area contributed by atoms with Crippen LogP contribution in [0.1, 0.15) is 0 Å². The van der Waals surface area contributed by atoms with Gasteiger partial charge in [0.1, 0.15) is 0 Å². The molecular formula is HgNiO2. The minimum Gasteiger partial charge on any atom is -2.00 e. The summed E-state index contributed by atoms with van der Waals surface area (Å²) in [7, 11) is 0. The van der Waals surface area contributed by atoms with E-state index in [2.05, 4.69) is 0 Å². The van der Waals surface area contributed by atoms with Crippen LogP contribution in [0.2, 0.25) is 0 Å². The second-order valence-electron chi connectivity index (χ2n) is 0. The fraction of sp³-hybridized carbons (Fsp3) is 0. The maximum Gasteiger partial charge on any atom is 2.00 e. The van der Waals surface area contributed by atoms with Crippen LogP contribution in [0.5, 0.6) is 0 Å². The molecule has 0 fully saturated rings. The summed E-state index contributed by atoms with van der Waals surface area (Å²) in [4.78, 5) is 0. The van der Waals surface area contributed by atoms with E-state index in [0.717, 1.165) is 0 Å². The maximum absolute atomic E-state index is 0. The van der Waals surface area contributed by atoms with Crippen molar-refractivity contribution < 1.29 is 55.1 Å². The zero-order valence-corrected chi connectivity index (χ0v) is 8.33. The van der Waals surface area contributed by atoms with Gasteiger partial charge in [-0.2, -0.15) is 0 Å². The molecule has 0 rings (SSSR count). The van der Waals surface area contributed by atoms with Gasteiger partial charge in [0, 0.05) is 0 Å². The Bertz CT molecular complexity index is 6.00. The third-order valence-corrected chi connectivity index (χ3v) is 0. The van der Waals surface area contributed by atoms with Gasteiger partial charge >= 0.3 is 44.2 Å². The average Bonchev–Trinajstić information content (AvgIpc) is 0. The average molecular weight is 291 g/mol. The Balaban J connectivity index is 0. The van der Waals surface area contributed by atoms with E-state index >= 15 is 0 Å². The molecule has 0 aromatic rings. The summed E-state index contributed by atoms with van der Waals surface area (Å²) in [6.07, 6.45) is 0. The fourth-order valence-corrected chi connectivity index (χ4v) is 0.